The van der Waals surface area contributed by atoms with Gasteiger partial charge >= 0.3 is 0 Å². The Balaban J connectivity index is 1.42. The van der Waals surface area contributed by atoms with Gasteiger partial charge in [-0.1, -0.05) is 30.3 Å². The van der Waals surface area contributed by atoms with Crippen LogP contribution in [0.4, 0.5) is 5.69 Å². The zero-order valence-electron chi connectivity index (χ0n) is 15.0. The molecule has 134 valence electrons. The molecular formula is C20H22N4O2. The molecule has 3 heterocycles. The quantitative estimate of drug-likeness (QED) is 0.757. The number of aromatic amines is 1. The summed E-state index contributed by atoms with van der Waals surface area (Å²) in [5.74, 6) is 1.82. The van der Waals surface area contributed by atoms with Gasteiger partial charge in [-0.2, -0.15) is 5.10 Å². The van der Waals surface area contributed by atoms with Crippen LogP contribution in [0, 0.1) is 13.8 Å². The molecule has 6 nitrogen and oxygen atoms in total. The van der Waals surface area contributed by atoms with Crippen molar-refractivity contribution in [2.75, 3.05) is 18.4 Å². The Kier molecular flexibility index (Phi) is 4.34. The number of benzene rings is 1. The van der Waals surface area contributed by atoms with E-state index in [2.05, 4.69) is 26.5 Å². The zero-order chi connectivity index (χ0) is 18.1. The number of aromatic nitrogens is 2. The number of hydrogen-bond acceptors (Lipinski definition) is 4. The number of carbonyl (C=O) groups excluding carboxylic acids is 1. The second-order valence-corrected chi connectivity index (χ2v) is 6.74. The van der Waals surface area contributed by atoms with Crippen LogP contribution in [0.15, 0.2) is 40.8 Å². The topological polar surface area (TPSA) is 74.2 Å². The summed E-state index contributed by atoms with van der Waals surface area (Å²) in [5, 5.41) is 9.95. The maximum Gasteiger partial charge on any atom is 0.238 e. The standard InChI is InChI=1S/C20H22N4O2/c1-13-20(14(2)23-22-13)21-19(25)12-24-9-8-16-10-17(26-18(16)11-24)15-6-4-3-5-7-15/h3-7,10H,8-9,11-12H2,1-2H3,(H,21,25)(H,22,23). The number of amides is 1. The predicted octanol–water partition coefficient (Wildman–Crippen LogP) is 3.28. The zero-order valence-corrected chi connectivity index (χ0v) is 15.0. The fourth-order valence-electron chi connectivity index (χ4n) is 3.37. The van der Waals surface area contributed by atoms with Gasteiger partial charge in [-0.3, -0.25) is 14.8 Å². The number of H-pyrrole nitrogens is 1. The Morgan fingerprint density at radius 3 is 2.85 bits per heavy atom. The summed E-state index contributed by atoms with van der Waals surface area (Å²) < 4.78 is 6.06. The van der Waals surface area contributed by atoms with Crippen LogP contribution >= 0.6 is 0 Å². The van der Waals surface area contributed by atoms with E-state index in [0.29, 0.717) is 13.1 Å². The smallest absolute Gasteiger partial charge is 0.238 e. The van der Waals surface area contributed by atoms with E-state index in [9.17, 15) is 4.79 Å². The molecule has 1 aliphatic heterocycles. The van der Waals surface area contributed by atoms with Crippen molar-refractivity contribution >= 4 is 11.6 Å². The van der Waals surface area contributed by atoms with Gasteiger partial charge < -0.3 is 9.73 Å². The van der Waals surface area contributed by atoms with Gasteiger partial charge in [-0.15, -0.1) is 0 Å². The third-order valence-corrected chi connectivity index (χ3v) is 4.78. The van der Waals surface area contributed by atoms with Crippen LogP contribution in [0.2, 0.25) is 0 Å². The van der Waals surface area contributed by atoms with Crippen LogP contribution < -0.4 is 5.32 Å². The molecule has 0 unspecified atom stereocenters. The van der Waals surface area contributed by atoms with Crippen LogP contribution in [0.1, 0.15) is 22.7 Å². The molecule has 1 aliphatic rings. The summed E-state index contributed by atoms with van der Waals surface area (Å²) in [4.78, 5) is 14.5. The molecule has 0 bridgehead atoms. The molecule has 2 aromatic heterocycles. The minimum atomic E-state index is -0.0316. The number of aryl methyl sites for hydroxylation is 2. The van der Waals surface area contributed by atoms with Crippen molar-refractivity contribution in [1.29, 1.82) is 0 Å². The van der Waals surface area contributed by atoms with Crippen LogP contribution in [-0.4, -0.2) is 34.1 Å². The molecule has 4 rings (SSSR count). The molecule has 0 spiro atoms. The molecular weight excluding hydrogens is 328 g/mol. The minimum absolute atomic E-state index is 0.0316. The molecule has 3 aromatic rings. The van der Waals surface area contributed by atoms with Gasteiger partial charge in [-0.25, -0.2) is 0 Å². The van der Waals surface area contributed by atoms with Gasteiger partial charge in [0.2, 0.25) is 5.91 Å². The number of anilines is 1. The number of nitrogens with one attached hydrogen (secondary N) is 2. The highest BCUT2D eigenvalue weighted by Crippen LogP contribution is 2.29. The van der Waals surface area contributed by atoms with E-state index in [1.165, 1.54) is 5.56 Å². The average Bonchev–Trinajstić information content (AvgIpc) is 3.20. The Bertz CT molecular complexity index is 907. The van der Waals surface area contributed by atoms with Gasteiger partial charge in [0.05, 0.1) is 30.2 Å². The van der Waals surface area contributed by atoms with Crippen LogP contribution in [0.3, 0.4) is 0 Å². The third-order valence-electron chi connectivity index (χ3n) is 4.78. The van der Waals surface area contributed by atoms with Crippen molar-refractivity contribution in [3.8, 4) is 11.3 Å². The van der Waals surface area contributed by atoms with Gasteiger partial charge in [0.1, 0.15) is 11.5 Å². The van der Waals surface area contributed by atoms with Crippen LogP contribution in [-0.2, 0) is 17.8 Å². The minimum Gasteiger partial charge on any atom is -0.459 e. The second-order valence-electron chi connectivity index (χ2n) is 6.74. The number of hydrogen-bond donors (Lipinski definition) is 2. The molecule has 0 saturated carbocycles. The first kappa shape index (κ1) is 16.6. The maximum absolute atomic E-state index is 12.4. The summed E-state index contributed by atoms with van der Waals surface area (Å²) in [5.41, 5.74) is 4.77. The SMILES string of the molecule is Cc1n[nH]c(C)c1NC(=O)CN1CCc2cc(-c3ccccc3)oc2C1. The van der Waals surface area contributed by atoms with Crippen molar-refractivity contribution in [3.63, 3.8) is 0 Å². The lowest BCUT2D eigenvalue weighted by atomic mass is 10.1. The molecule has 0 saturated heterocycles. The van der Waals surface area contributed by atoms with Crippen molar-refractivity contribution in [1.82, 2.24) is 15.1 Å². The molecule has 26 heavy (non-hydrogen) atoms. The lowest BCUT2D eigenvalue weighted by molar-refractivity contribution is -0.117. The van der Waals surface area contributed by atoms with E-state index < -0.39 is 0 Å². The summed E-state index contributed by atoms with van der Waals surface area (Å²) in [7, 11) is 0. The highest BCUT2D eigenvalue weighted by Gasteiger charge is 2.23. The molecule has 0 fully saturated rings. The first-order valence-electron chi connectivity index (χ1n) is 8.81. The molecule has 2 N–H and O–H groups in total. The number of carbonyl (C=O) groups is 1. The molecule has 1 amide bonds. The largest absolute Gasteiger partial charge is 0.459 e. The van der Waals surface area contributed by atoms with E-state index in [4.69, 9.17) is 4.42 Å². The lowest BCUT2D eigenvalue weighted by Crippen LogP contribution is -2.36. The fraction of sp³-hybridized carbons (Fsp3) is 0.300. The molecule has 1 aromatic carbocycles. The molecule has 0 aliphatic carbocycles. The first-order chi connectivity index (χ1) is 12.6. The average molecular weight is 350 g/mol. The van der Waals surface area contributed by atoms with Crippen molar-refractivity contribution in [2.24, 2.45) is 0 Å². The Labute approximate surface area is 152 Å². The summed E-state index contributed by atoms with van der Waals surface area (Å²) >= 11 is 0. The lowest BCUT2D eigenvalue weighted by Gasteiger charge is -2.25. The normalized spacial score (nSPS) is 14.2. The van der Waals surface area contributed by atoms with Gasteiger partial charge in [-0.05, 0) is 31.9 Å². The van der Waals surface area contributed by atoms with E-state index in [1.54, 1.807) is 0 Å². The fourth-order valence-corrected chi connectivity index (χ4v) is 3.37. The number of rotatable bonds is 4. The van der Waals surface area contributed by atoms with Crippen molar-refractivity contribution in [3.05, 3.63) is 59.1 Å². The molecule has 0 atom stereocenters. The second kappa shape index (κ2) is 6.80. The Morgan fingerprint density at radius 2 is 2.12 bits per heavy atom. The molecule has 0 radical (unpaired) electrons. The van der Waals surface area contributed by atoms with Crippen molar-refractivity contribution < 1.29 is 9.21 Å². The molecule has 6 heteroatoms. The summed E-state index contributed by atoms with van der Waals surface area (Å²) in [6.07, 6.45) is 0.892. The highest BCUT2D eigenvalue weighted by molar-refractivity contribution is 5.93. The first-order valence-corrected chi connectivity index (χ1v) is 8.81. The van der Waals surface area contributed by atoms with E-state index >= 15 is 0 Å². The highest BCUT2D eigenvalue weighted by atomic mass is 16.3. The van der Waals surface area contributed by atoms with Gasteiger partial charge in [0.25, 0.3) is 0 Å². The summed E-state index contributed by atoms with van der Waals surface area (Å²) in [6, 6.07) is 12.2. The monoisotopic (exact) mass is 350 g/mol. The summed E-state index contributed by atoms with van der Waals surface area (Å²) in [6.45, 7) is 5.61. The van der Waals surface area contributed by atoms with Crippen LogP contribution in [0.25, 0.3) is 11.3 Å². The van der Waals surface area contributed by atoms with Gasteiger partial charge in [0, 0.05) is 12.1 Å². The van der Waals surface area contributed by atoms with Crippen LogP contribution in [0.5, 0.6) is 0 Å². The number of furan rings is 1. The third kappa shape index (κ3) is 3.28. The number of fused-ring (bicyclic) bond motifs is 1. The van der Waals surface area contributed by atoms with Gasteiger partial charge in [0.15, 0.2) is 0 Å². The Morgan fingerprint density at radius 1 is 1.31 bits per heavy atom. The van der Waals surface area contributed by atoms with E-state index in [-0.39, 0.29) is 5.91 Å². The maximum atomic E-state index is 12.4. The Hall–Kier alpha value is -2.86. The van der Waals surface area contributed by atoms with E-state index in [1.807, 2.05) is 44.2 Å². The van der Waals surface area contributed by atoms with E-state index in [0.717, 1.165) is 47.1 Å². The number of nitrogens with zero attached hydrogens (tertiary/aromatic N) is 2. The van der Waals surface area contributed by atoms with Crippen molar-refractivity contribution in [2.45, 2.75) is 26.8 Å². The predicted molar refractivity (Wildman–Crippen MR) is 99.8 cm³/mol.